The maximum Gasteiger partial charge on any atom is 0.223 e. The predicted octanol–water partition coefficient (Wildman–Crippen LogP) is 3.48. The Bertz CT molecular complexity index is 506. The zero-order valence-corrected chi connectivity index (χ0v) is 15.1. The first-order valence-corrected chi connectivity index (χ1v) is 7.87. The molecule has 2 N–H and O–H groups in total. The van der Waals surface area contributed by atoms with Crippen LogP contribution in [-0.2, 0) is 4.79 Å². The van der Waals surface area contributed by atoms with E-state index >= 15 is 0 Å². The molecule has 0 spiro atoms. The lowest BCUT2D eigenvalue weighted by Gasteiger charge is -2.36. The molecule has 0 bridgehead atoms. The molecule has 4 heteroatoms. The summed E-state index contributed by atoms with van der Waals surface area (Å²) in [7, 11) is 0. The minimum atomic E-state index is -0.0145. The van der Waals surface area contributed by atoms with Crippen molar-refractivity contribution in [2.24, 2.45) is 17.3 Å². The van der Waals surface area contributed by atoms with E-state index in [4.69, 9.17) is 0 Å². The molecule has 0 saturated carbocycles. The normalized spacial score (nSPS) is 17.9. The highest BCUT2D eigenvalue weighted by Gasteiger charge is 2.33. The molecule has 3 nitrogen and oxygen atoms in total. The van der Waals surface area contributed by atoms with E-state index in [-0.39, 0.29) is 35.7 Å². The quantitative estimate of drug-likeness (QED) is 0.890. The average molecular weight is 325 g/mol. The van der Waals surface area contributed by atoms with Crippen molar-refractivity contribution in [2.45, 2.75) is 40.7 Å². The Balaban J connectivity index is 0.00000242. The minimum absolute atomic E-state index is 0. The van der Waals surface area contributed by atoms with E-state index in [0.29, 0.717) is 5.92 Å². The molecule has 1 aliphatic rings. The molecule has 124 valence electrons. The van der Waals surface area contributed by atoms with Gasteiger partial charge < -0.3 is 10.6 Å². The zero-order valence-electron chi connectivity index (χ0n) is 14.3. The Kier molecular flexibility index (Phi) is 6.45. The van der Waals surface area contributed by atoms with Crippen LogP contribution in [0.3, 0.4) is 0 Å². The first-order valence-electron chi connectivity index (χ1n) is 7.87. The van der Waals surface area contributed by atoms with Crippen LogP contribution >= 0.6 is 12.4 Å². The molecule has 0 radical (unpaired) electrons. The highest BCUT2D eigenvalue weighted by molar-refractivity contribution is 5.85. The molecule has 1 aromatic carbocycles. The van der Waals surface area contributed by atoms with Gasteiger partial charge in [0.2, 0.25) is 5.91 Å². The molecular weight excluding hydrogens is 296 g/mol. The van der Waals surface area contributed by atoms with Gasteiger partial charge in [0.1, 0.15) is 0 Å². The number of carbonyl (C=O) groups excluding carboxylic acids is 1. The van der Waals surface area contributed by atoms with Gasteiger partial charge >= 0.3 is 0 Å². The van der Waals surface area contributed by atoms with Gasteiger partial charge in [0.05, 0.1) is 6.04 Å². The standard InChI is InChI=1S/C18H28N2O.ClH/c1-12-8-6-7-9-15(12)16(18(3,4)5)20-17(21)13(2)14-10-19-11-14;/h6-9,13-14,16,19H,10-11H2,1-5H3,(H,20,21);1H. The number of amides is 1. The Hall–Kier alpha value is -1.06. The van der Waals surface area contributed by atoms with Crippen LogP contribution in [-0.4, -0.2) is 19.0 Å². The fourth-order valence-corrected chi connectivity index (χ4v) is 2.82. The van der Waals surface area contributed by atoms with Crippen LogP contribution in [0.5, 0.6) is 0 Å². The second kappa shape index (κ2) is 7.47. The van der Waals surface area contributed by atoms with Crippen molar-refractivity contribution < 1.29 is 4.79 Å². The molecule has 1 heterocycles. The van der Waals surface area contributed by atoms with E-state index in [1.807, 2.05) is 19.1 Å². The maximum absolute atomic E-state index is 12.6. The number of carbonyl (C=O) groups is 1. The second-order valence-corrected chi connectivity index (χ2v) is 7.37. The Morgan fingerprint density at radius 3 is 2.32 bits per heavy atom. The summed E-state index contributed by atoms with van der Waals surface area (Å²) in [4.78, 5) is 12.6. The first-order chi connectivity index (χ1) is 9.80. The van der Waals surface area contributed by atoms with Crippen LogP contribution in [0.25, 0.3) is 0 Å². The van der Waals surface area contributed by atoms with Gasteiger partial charge in [-0.05, 0) is 42.5 Å². The third-order valence-corrected chi connectivity index (χ3v) is 4.59. The third-order valence-electron chi connectivity index (χ3n) is 4.59. The lowest BCUT2D eigenvalue weighted by Crippen LogP contribution is -2.50. The highest BCUT2D eigenvalue weighted by Crippen LogP contribution is 2.34. The van der Waals surface area contributed by atoms with E-state index in [1.165, 1.54) is 11.1 Å². The van der Waals surface area contributed by atoms with Gasteiger partial charge in [-0.2, -0.15) is 0 Å². The van der Waals surface area contributed by atoms with Crippen LogP contribution in [0.2, 0.25) is 0 Å². The van der Waals surface area contributed by atoms with Gasteiger partial charge in [-0.25, -0.2) is 0 Å². The van der Waals surface area contributed by atoms with E-state index in [1.54, 1.807) is 0 Å². The number of benzene rings is 1. The number of hydrogen-bond acceptors (Lipinski definition) is 2. The van der Waals surface area contributed by atoms with Crippen LogP contribution in [0.4, 0.5) is 0 Å². The lowest BCUT2D eigenvalue weighted by molar-refractivity contribution is -0.128. The van der Waals surface area contributed by atoms with Crippen LogP contribution < -0.4 is 10.6 Å². The van der Waals surface area contributed by atoms with Crippen LogP contribution in [0.1, 0.15) is 44.9 Å². The van der Waals surface area contributed by atoms with Crippen molar-refractivity contribution in [1.29, 1.82) is 0 Å². The predicted molar refractivity (Wildman–Crippen MR) is 94.3 cm³/mol. The summed E-state index contributed by atoms with van der Waals surface area (Å²) >= 11 is 0. The van der Waals surface area contributed by atoms with Crippen molar-refractivity contribution in [2.75, 3.05) is 13.1 Å². The molecule has 0 aromatic heterocycles. The number of halogens is 1. The summed E-state index contributed by atoms with van der Waals surface area (Å²) in [6.07, 6.45) is 0. The number of aryl methyl sites for hydroxylation is 1. The van der Waals surface area contributed by atoms with Crippen molar-refractivity contribution in [3.05, 3.63) is 35.4 Å². The van der Waals surface area contributed by atoms with Crippen molar-refractivity contribution >= 4 is 18.3 Å². The molecule has 2 rings (SSSR count). The van der Waals surface area contributed by atoms with Gasteiger partial charge in [-0.15, -0.1) is 12.4 Å². The zero-order chi connectivity index (χ0) is 15.6. The van der Waals surface area contributed by atoms with Gasteiger partial charge in [-0.3, -0.25) is 4.79 Å². The monoisotopic (exact) mass is 324 g/mol. The fraction of sp³-hybridized carbons (Fsp3) is 0.611. The summed E-state index contributed by atoms with van der Waals surface area (Å²) in [5, 5.41) is 6.54. The molecule has 2 atom stereocenters. The summed E-state index contributed by atoms with van der Waals surface area (Å²) in [6.45, 7) is 12.6. The number of rotatable bonds is 4. The van der Waals surface area contributed by atoms with E-state index in [2.05, 4.69) is 50.5 Å². The van der Waals surface area contributed by atoms with E-state index in [9.17, 15) is 4.79 Å². The Morgan fingerprint density at radius 2 is 1.86 bits per heavy atom. The number of nitrogens with one attached hydrogen (secondary N) is 2. The molecule has 22 heavy (non-hydrogen) atoms. The molecule has 2 unspecified atom stereocenters. The summed E-state index contributed by atoms with van der Waals surface area (Å²) in [5.41, 5.74) is 2.44. The van der Waals surface area contributed by atoms with Gasteiger partial charge in [0.15, 0.2) is 0 Å². The van der Waals surface area contributed by atoms with Crippen LogP contribution in [0, 0.1) is 24.2 Å². The first kappa shape index (κ1) is 19.0. The van der Waals surface area contributed by atoms with E-state index in [0.717, 1.165) is 13.1 Å². The molecular formula is C18H29ClN2O. The third kappa shape index (κ3) is 4.23. The largest absolute Gasteiger partial charge is 0.349 e. The maximum atomic E-state index is 12.6. The molecule has 1 aliphatic heterocycles. The van der Waals surface area contributed by atoms with Crippen molar-refractivity contribution in [3.8, 4) is 0 Å². The molecule has 0 aliphatic carbocycles. The SMILES string of the molecule is Cc1ccccc1C(NC(=O)C(C)C1CNC1)C(C)(C)C.Cl. The lowest BCUT2D eigenvalue weighted by atomic mass is 9.80. The summed E-state index contributed by atoms with van der Waals surface area (Å²) in [6, 6.07) is 8.37. The summed E-state index contributed by atoms with van der Waals surface area (Å²) < 4.78 is 0. The molecule has 1 amide bonds. The molecule has 1 fully saturated rings. The highest BCUT2D eigenvalue weighted by atomic mass is 35.5. The Labute approximate surface area is 140 Å². The van der Waals surface area contributed by atoms with Gasteiger partial charge in [-0.1, -0.05) is 52.0 Å². The van der Waals surface area contributed by atoms with Gasteiger partial charge in [0, 0.05) is 5.92 Å². The topological polar surface area (TPSA) is 41.1 Å². The van der Waals surface area contributed by atoms with Crippen LogP contribution in [0.15, 0.2) is 24.3 Å². The fourth-order valence-electron chi connectivity index (χ4n) is 2.82. The summed E-state index contributed by atoms with van der Waals surface area (Å²) in [5.74, 6) is 0.715. The molecule has 1 aromatic rings. The average Bonchev–Trinajstić information content (AvgIpc) is 2.33. The van der Waals surface area contributed by atoms with Gasteiger partial charge in [0.25, 0.3) is 0 Å². The van der Waals surface area contributed by atoms with E-state index < -0.39 is 0 Å². The van der Waals surface area contributed by atoms with Crippen molar-refractivity contribution in [1.82, 2.24) is 10.6 Å². The smallest absolute Gasteiger partial charge is 0.223 e. The molecule has 1 saturated heterocycles. The second-order valence-electron chi connectivity index (χ2n) is 7.37. The number of hydrogen-bond donors (Lipinski definition) is 2. The van der Waals surface area contributed by atoms with Crippen molar-refractivity contribution in [3.63, 3.8) is 0 Å². The Morgan fingerprint density at radius 1 is 1.27 bits per heavy atom. The minimum Gasteiger partial charge on any atom is -0.349 e.